The monoisotopic (exact) mass is 402 g/mol. The molecule has 0 fully saturated rings. The summed E-state index contributed by atoms with van der Waals surface area (Å²) >= 11 is 10.4. The standard InChI is InChI=1S/C12H8Br2N2S2/c13-7-1-3-9-10(5-7)18-12(16-9)15-6-8-2-4-11(14)17-8/h1-5H,6H2,(H,15,16). The summed E-state index contributed by atoms with van der Waals surface area (Å²) in [6, 6.07) is 10.3. The lowest BCUT2D eigenvalue weighted by Gasteiger charge is -1.98. The third-order valence-electron chi connectivity index (χ3n) is 2.39. The Balaban J connectivity index is 1.78. The minimum absolute atomic E-state index is 0.817. The summed E-state index contributed by atoms with van der Waals surface area (Å²) in [6.45, 7) is 0.817. The Morgan fingerprint density at radius 1 is 1.11 bits per heavy atom. The van der Waals surface area contributed by atoms with Gasteiger partial charge in [0.1, 0.15) is 0 Å². The van der Waals surface area contributed by atoms with E-state index in [0.29, 0.717) is 0 Å². The Morgan fingerprint density at radius 3 is 2.78 bits per heavy atom. The topological polar surface area (TPSA) is 24.9 Å². The van der Waals surface area contributed by atoms with E-state index in [2.05, 4.69) is 60.4 Å². The second-order valence-electron chi connectivity index (χ2n) is 3.69. The van der Waals surface area contributed by atoms with Crippen molar-refractivity contribution in [3.05, 3.63) is 43.5 Å². The maximum Gasteiger partial charge on any atom is 0.184 e. The van der Waals surface area contributed by atoms with Gasteiger partial charge in [-0.15, -0.1) is 11.3 Å². The molecule has 2 heterocycles. The van der Waals surface area contributed by atoms with Crippen LogP contribution >= 0.6 is 54.5 Å². The lowest BCUT2D eigenvalue weighted by atomic mass is 10.3. The summed E-state index contributed by atoms with van der Waals surface area (Å²) in [7, 11) is 0. The molecule has 18 heavy (non-hydrogen) atoms. The van der Waals surface area contributed by atoms with Gasteiger partial charge in [0.25, 0.3) is 0 Å². The number of benzene rings is 1. The summed E-state index contributed by atoms with van der Waals surface area (Å²) < 4.78 is 3.44. The van der Waals surface area contributed by atoms with Crippen molar-refractivity contribution in [2.75, 3.05) is 5.32 Å². The average Bonchev–Trinajstić information content (AvgIpc) is 2.92. The number of hydrogen-bond acceptors (Lipinski definition) is 4. The zero-order chi connectivity index (χ0) is 12.5. The quantitative estimate of drug-likeness (QED) is 0.624. The molecule has 0 aliphatic rings. The van der Waals surface area contributed by atoms with Crippen molar-refractivity contribution < 1.29 is 0 Å². The molecule has 0 bridgehead atoms. The van der Waals surface area contributed by atoms with E-state index in [1.165, 1.54) is 9.58 Å². The largest absolute Gasteiger partial charge is 0.357 e. The minimum Gasteiger partial charge on any atom is -0.357 e. The first-order valence-corrected chi connectivity index (χ1v) is 8.47. The molecule has 0 spiro atoms. The van der Waals surface area contributed by atoms with Crippen LogP contribution in [0.3, 0.4) is 0 Å². The fourth-order valence-corrected chi connectivity index (χ4v) is 4.42. The zero-order valence-electron chi connectivity index (χ0n) is 9.11. The van der Waals surface area contributed by atoms with Gasteiger partial charge in [0.2, 0.25) is 0 Å². The molecular formula is C12H8Br2N2S2. The minimum atomic E-state index is 0.817. The average molecular weight is 404 g/mol. The molecule has 0 atom stereocenters. The molecule has 0 aliphatic heterocycles. The summed E-state index contributed by atoms with van der Waals surface area (Å²) in [5.74, 6) is 0. The molecule has 92 valence electrons. The van der Waals surface area contributed by atoms with E-state index < -0.39 is 0 Å². The molecule has 0 saturated heterocycles. The van der Waals surface area contributed by atoms with Gasteiger partial charge in [0.15, 0.2) is 5.13 Å². The SMILES string of the molecule is Brc1ccc2nc(NCc3ccc(Br)s3)sc2c1. The molecule has 1 N–H and O–H groups in total. The third-order valence-corrected chi connectivity index (χ3v) is 5.49. The van der Waals surface area contributed by atoms with E-state index in [0.717, 1.165) is 25.5 Å². The maximum absolute atomic E-state index is 4.56. The van der Waals surface area contributed by atoms with Gasteiger partial charge < -0.3 is 5.32 Å². The fraction of sp³-hybridized carbons (Fsp3) is 0.0833. The lowest BCUT2D eigenvalue weighted by molar-refractivity contribution is 1.18. The number of thiazole rings is 1. The van der Waals surface area contributed by atoms with E-state index in [4.69, 9.17) is 0 Å². The molecule has 2 nitrogen and oxygen atoms in total. The molecule has 0 unspecified atom stereocenters. The molecule has 2 aromatic heterocycles. The van der Waals surface area contributed by atoms with Crippen molar-refractivity contribution in [1.29, 1.82) is 0 Å². The summed E-state index contributed by atoms with van der Waals surface area (Å²) in [4.78, 5) is 5.85. The van der Waals surface area contributed by atoms with Crippen LogP contribution in [0.25, 0.3) is 10.2 Å². The molecule has 6 heteroatoms. The van der Waals surface area contributed by atoms with Crippen LogP contribution in [0.1, 0.15) is 4.88 Å². The van der Waals surface area contributed by atoms with Gasteiger partial charge in [-0.2, -0.15) is 0 Å². The Bertz CT molecular complexity index is 690. The van der Waals surface area contributed by atoms with Crippen LogP contribution in [0, 0.1) is 0 Å². The molecule has 0 radical (unpaired) electrons. The van der Waals surface area contributed by atoms with Crippen molar-refractivity contribution in [2.45, 2.75) is 6.54 Å². The van der Waals surface area contributed by atoms with Crippen LogP contribution in [0.4, 0.5) is 5.13 Å². The summed E-state index contributed by atoms with van der Waals surface area (Å²) in [5, 5.41) is 4.33. The van der Waals surface area contributed by atoms with Crippen molar-refractivity contribution in [3.63, 3.8) is 0 Å². The van der Waals surface area contributed by atoms with Crippen molar-refractivity contribution in [3.8, 4) is 0 Å². The van der Waals surface area contributed by atoms with E-state index >= 15 is 0 Å². The van der Waals surface area contributed by atoms with Crippen LogP contribution in [-0.2, 0) is 6.54 Å². The van der Waals surface area contributed by atoms with Crippen molar-refractivity contribution in [2.24, 2.45) is 0 Å². The molecule has 1 aromatic carbocycles. The molecular weight excluding hydrogens is 396 g/mol. The van der Waals surface area contributed by atoms with E-state index in [9.17, 15) is 0 Å². The first-order chi connectivity index (χ1) is 8.70. The van der Waals surface area contributed by atoms with Crippen LogP contribution in [-0.4, -0.2) is 4.98 Å². The predicted octanol–water partition coefficient (Wildman–Crippen LogP) is 5.49. The second-order valence-corrected chi connectivity index (χ2v) is 8.18. The van der Waals surface area contributed by atoms with Gasteiger partial charge in [-0.05, 0) is 46.3 Å². The van der Waals surface area contributed by atoms with E-state index in [1.54, 1.807) is 22.7 Å². The van der Waals surface area contributed by atoms with Gasteiger partial charge >= 0.3 is 0 Å². The number of thiophene rings is 1. The van der Waals surface area contributed by atoms with Gasteiger partial charge in [-0.1, -0.05) is 27.3 Å². The zero-order valence-corrected chi connectivity index (χ0v) is 13.9. The normalized spacial score (nSPS) is 11.0. The van der Waals surface area contributed by atoms with Gasteiger partial charge in [0, 0.05) is 9.35 Å². The number of rotatable bonds is 3. The number of nitrogens with one attached hydrogen (secondary N) is 1. The molecule has 0 aliphatic carbocycles. The number of hydrogen-bond donors (Lipinski definition) is 1. The number of nitrogens with zero attached hydrogens (tertiary/aromatic N) is 1. The third kappa shape index (κ3) is 2.77. The molecule has 3 aromatic rings. The molecule has 3 rings (SSSR count). The van der Waals surface area contributed by atoms with Crippen LogP contribution in [0.5, 0.6) is 0 Å². The smallest absolute Gasteiger partial charge is 0.184 e. The second kappa shape index (κ2) is 5.28. The number of fused-ring (bicyclic) bond motifs is 1. The van der Waals surface area contributed by atoms with Crippen molar-refractivity contribution >= 4 is 69.9 Å². The number of anilines is 1. The van der Waals surface area contributed by atoms with E-state index in [1.807, 2.05) is 12.1 Å². The van der Waals surface area contributed by atoms with Gasteiger partial charge in [0.05, 0.1) is 20.5 Å². The Morgan fingerprint density at radius 2 is 2.00 bits per heavy atom. The highest BCUT2D eigenvalue weighted by Gasteiger charge is 2.04. The van der Waals surface area contributed by atoms with Crippen LogP contribution < -0.4 is 5.32 Å². The summed E-state index contributed by atoms with van der Waals surface area (Å²) in [6.07, 6.45) is 0. The Hall–Kier alpha value is -0.430. The summed E-state index contributed by atoms with van der Waals surface area (Å²) in [5.41, 5.74) is 1.04. The van der Waals surface area contributed by atoms with E-state index in [-0.39, 0.29) is 0 Å². The van der Waals surface area contributed by atoms with Crippen LogP contribution in [0.15, 0.2) is 38.6 Å². The first-order valence-electron chi connectivity index (χ1n) is 5.25. The molecule has 0 amide bonds. The number of aromatic nitrogens is 1. The molecule has 0 saturated carbocycles. The van der Waals surface area contributed by atoms with Gasteiger partial charge in [-0.25, -0.2) is 4.98 Å². The Labute approximate surface area is 129 Å². The lowest BCUT2D eigenvalue weighted by Crippen LogP contribution is -1.95. The van der Waals surface area contributed by atoms with Crippen LogP contribution in [0.2, 0.25) is 0 Å². The maximum atomic E-state index is 4.56. The van der Waals surface area contributed by atoms with Crippen molar-refractivity contribution in [1.82, 2.24) is 4.98 Å². The first kappa shape index (κ1) is 12.6. The van der Waals surface area contributed by atoms with Gasteiger partial charge in [-0.3, -0.25) is 0 Å². The fourth-order valence-electron chi connectivity index (χ4n) is 1.58. The highest BCUT2D eigenvalue weighted by atomic mass is 79.9. The Kier molecular flexibility index (Phi) is 3.70. The number of halogens is 2. The highest BCUT2D eigenvalue weighted by Crippen LogP contribution is 2.29. The highest BCUT2D eigenvalue weighted by molar-refractivity contribution is 9.11. The predicted molar refractivity (Wildman–Crippen MR) is 86.7 cm³/mol.